The van der Waals surface area contributed by atoms with Gasteiger partial charge in [0.1, 0.15) is 12.3 Å². The third kappa shape index (κ3) is 5.05. The molecule has 0 unspecified atom stereocenters. The maximum Gasteiger partial charge on any atom is 0.262 e. The first kappa shape index (κ1) is 22.5. The summed E-state index contributed by atoms with van der Waals surface area (Å²) in [6.07, 6.45) is 1.00. The van der Waals surface area contributed by atoms with Gasteiger partial charge in [-0.05, 0) is 37.6 Å². The van der Waals surface area contributed by atoms with E-state index in [1.54, 1.807) is 34.1 Å². The minimum absolute atomic E-state index is 0.0370. The minimum atomic E-state index is -0.439. The summed E-state index contributed by atoms with van der Waals surface area (Å²) in [4.78, 5) is 54.5. The van der Waals surface area contributed by atoms with E-state index in [-0.39, 0.29) is 18.4 Å². The van der Waals surface area contributed by atoms with Crippen molar-refractivity contribution >= 4 is 23.6 Å². The van der Waals surface area contributed by atoms with Gasteiger partial charge in [0.15, 0.2) is 0 Å². The highest BCUT2D eigenvalue weighted by Gasteiger charge is 2.37. The van der Waals surface area contributed by atoms with E-state index in [1.165, 1.54) is 5.56 Å². The number of hydrogen-bond acceptors (Lipinski definition) is 5. The average Bonchev–Trinajstić information content (AvgIpc) is 3.08. The van der Waals surface area contributed by atoms with Gasteiger partial charge in [-0.15, -0.1) is 0 Å². The maximum absolute atomic E-state index is 12.7. The Balaban J connectivity index is 1.19. The van der Waals surface area contributed by atoms with Crippen LogP contribution >= 0.6 is 0 Å². The first-order valence-electron chi connectivity index (χ1n) is 11.1. The van der Waals surface area contributed by atoms with E-state index in [0.717, 1.165) is 10.6 Å². The normalized spacial score (nSPS) is 15.6. The smallest absolute Gasteiger partial charge is 0.262 e. The fraction of sp³-hybridized carbons (Fsp3) is 0.360. The molecule has 8 heteroatoms. The number of hydrogen-bond donors (Lipinski definition) is 0. The highest BCUT2D eigenvalue weighted by molar-refractivity contribution is 6.22. The number of piperazine rings is 1. The Labute approximate surface area is 192 Å². The second-order valence-electron chi connectivity index (χ2n) is 8.27. The summed E-state index contributed by atoms with van der Waals surface area (Å²) in [5.41, 5.74) is 1.83. The Bertz CT molecular complexity index is 1020. The van der Waals surface area contributed by atoms with E-state index < -0.39 is 11.8 Å². The van der Waals surface area contributed by atoms with Gasteiger partial charge < -0.3 is 14.5 Å². The molecular weight excluding hydrogens is 422 g/mol. The van der Waals surface area contributed by atoms with Crippen LogP contribution in [0.15, 0.2) is 48.5 Å². The monoisotopic (exact) mass is 449 g/mol. The first-order chi connectivity index (χ1) is 15.9. The number of rotatable bonds is 7. The molecule has 2 aliphatic rings. The summed E-state index contributed by atoms with van der Waals surface area (Å²) < 4.78 is 5.67. The summed E-state index contributed by atoms with van der Waals surface area (Å²) in [5.74, 6) is -0.340. The molecule has 1 saturated heterocycles. The third-order valence-corrected chi connectivity index (χ3v) is 5.98. The van der Waals surface area contributed by atoms with Crippen molar-refractivity contribution in [3.8, 4) is 5.75 Å². The van der Waals surface area contributed by atoms with Crippen LogP contribution in [0.25, 0.3) is 0 Å². The number of carbonyl (C=O) groups excluding carboxylic acids is 4. The second kappa shape index (κ2) is 9.85. The van der Waals surface area contributed by atoms with Gasteiger partial charge in [-0.3, -0.25) is 24.1 Å². The van der Waals surface area contributed by atoms with E-state index in [0.29, 0.717) is 56.8 Å². The molecule has 0 atom stereocenters. The van der Waals surface area contributed by atoms with Crippen LogP contribution in [0.5, 0.6) is 5.75 Å². The lowest BCUT2D eigenvalue weighted by molar-refractivity contribution is -0.139. The Hall–Kier alpha value is -3.68. The van der Waals surface area contributed by atoms with Gasteiger partial charge >= 0.3 is 0 Å². The highest BCUT2D eigenvalue weighted by atomic mass is 16.5. The molecule has 0 aliphatic carbocycles. The zero-order chi connectivity index (χ0) is 23.4. The number of amides is 4. The molecule has 8 nitrogen and oxygen atoms in total. The molecule has 0 radical (unpaired) electrons. The molecule has 0 saturated carbocycles. The summed E-state index contributed by atoms with van der Waals surface area (Å²) >= 11 is 0. The van der Waals surface area contributed by atoms with Crippen molar-refractivity contribution < 1.29 is 23.9 Å². The molecule has 33 heavy (non-hydrogen) atoms. The van der Waals surface area contributed by atoms with E-state index in [2.05, 4.69) is 0 Å². The first-order valence-corrected chi connectivity index (χ1v) is 11.1. The molecule has 2 aromatic rings. The summed E-state index contributed by atoms with van der Waals surface area (Å²) in [7, 11) is 0. The van der Waals surface area contributed by atoms with Gasteiger partial charge in [0, 0.05) is 32.6 Å². The van der Waals surface area contributed by atoms with E-state index in [4.69, 9.17) is 4.74 Å². The number of fused-ring (bicyclic) bond motifs is 1. The van der Waals surface area contributed by atoms with Crippen molar-refractivity contribution in [2.24, 2.45) is 0 Å². The predicted molar refractivity (Wildman–Crippen MR) is 121 cm³/mol. The fourth-order valence-corrected chi connectivity index (χ4v) is 4.03. The van der Waals surface area contributed by atoms with Gasteiger partial charge in [0.05, 0.1) is 17.7 Å². The largest absolute Gasteiger partial charge is 0.494 e. The average molecular weight is 450 g/mol. The summed E-state index contributed by atoms with van der Waals surface area (Å²) in [6.45, 7) is 3.84. The lowest BCUT2D eigenvalue weighted by Crippen LogP contribution is -2.53. The number of nitrogens with zero attached hydrogens (tertiary/aromatic N) is 3. The van der Waals surface area contributed by atoms with E-state index >= 15 is 0 Å². The summed E-state index contributed by atoms with van der Waals surface area (Å²) in [5, 5.41) is 0. The zero-order valence-electron chi connectivity index (χ0n) is 18.7. The predicted octanol–water partition coefficient (Wildman–Crippen LogP) is 2.12. The third-order valence-electron chi connectivity index (χ3n) is 5.98. The van der Waals surface area contributed by atoms with Crippen LogP contribution in [0, 0.1) is 6.92 Å². The Kier molecular flexibility index (Phi) is 6.72. The van der Waals surface area contributed by atoms with Crippen molar-refractivity contribution in [3.05, 3.63) is 65.2 Å². The van der Waals surface area contributed by atoms with Crippen molar-refractivity contribution in [1.29, 1.82) is 0 Å². The van der Waals surface area contributed by atoms with Crippen molar-refractivity contribution in [2.75, 3.05) is 39.3 Å². The van der Waals surface area contributed by atoms with E-state index in [9.17, 15) is 19.2 Å². The van der Waals surface area contributed by atoms with Crippen LogP contribution in [-0.4, -0.2) is 77.7 Å². The maximum atomic E-state index is 12.7. The number of benzene rings is 2. The second-order valence-corrected chi connectivity index (χ2v) is 8.27. The SMILES string of the molecule is Cc1ccc(OCCCC(=O)N2CCN(C(=O)CN3C(=O)c4ccccc4C3=O)CC2)cc1. The highest BCUT2D eigenvalue weighted by Crippen LogP contribution is 2.22. The lowest BCUT2D eigenvalue weighted by atomic mass is 10.1. The summed E-state index contributed by atoms with van der Waals surface area (Å²) in [6, 6.07) is 14.4. The molecule has 0 spiro atoms. The van der Waals surface area contributed by atoms with Crippen LogP contribution in [-0.2, 0) is 9.59 Å². The van der Waals surface area contributed by atoms with Crippen LogP contribution < -0.4 is 4.74 Å². The molecule has 2 aliphatic heterocycles. The van der Waals surface area contributed by atoms with Crippen molar-refractivity contribution in [2.45, 2.75) is 19.8 Å². The van der Waals surface area contributed by atoms with Crippen molar-refractivity contribution in [1.82, 2.24) is 14.7 Å². The molecule has 4 amide bonds. The minimum Gasteiger partial charge on any atom is -0.494 e. The Morgan fingerprint density at radius 1 is 0.818 bits per heavy atom. The Morgan fingerprint density at radius 3 is 1.94 bits per heavy atom. The number of ether oxygens (including phenoxy) is 1. The lowest BCUT2D eigenvalue weighted by Gasteiger charge is -2.35. The van der Waals surface area contributed by atoms with Crippen LogP contribution in [0.3, 0.4) is 0 Å². The van der Waals surface area contributed by atoms with E-state index in [1.807, 2.05) is 31.2 Å². The standard InChI is InChI=1S/C25H27N3O5/c1-18-8-10-19(11-9-18)33-16-4-7-22(29)26-12-14-27(15-13-26)23(30)17-28-24(31)20-5-2-3-6-21(20)25(28)32/h2-3,5-6,8-11H,4,7,12-17H2,1H3. The molecule has 2 aromatic carbocycles. The molecule has 172 valence electrons. The molecule has 0 aromatic heterocycles. The Morgan fingerprint density at radius 2 is 1.36 bits per heavy atom. The van der Waals surface area contributed by atoms with Crippen molar-refractivity contribution in [3.63, 3.8) is 0 Å². The van der Waals surface area contributed by atoms with Gasteiger partial charge in [0.25, 0.3) is 11.8 Å². The van der Waals surface area contributed by atoms with Gasteiger partial charge in [-0.2, -0.15) is 0 Å². The molecule has 0 bridgehead atoms. The quantitative estimate of drug-likeness (QED) is 0.477. The topological polar surface area (TPSA) is 87.2 Å². The fourth-order valence-electron chi connectivity index (χ4n) is 4.03. The molecule has 2 heterocycles. The number of imide groups is 1. The molecule has 1 fully saturated rings. The molecule has 4 rings (SSSR count). The molecule has 0 N–H and O–H groups in total. The van der Waals surface area contributed by atoms with Crippen LogP contribution in [0.1, 0.15) is 39.1 Å². The number of aryl methyl sites for hydroxylation is 1. The van der Waals surface area contributed by atoms with Gasteiger partial charge in [-0.25, -0.2) is 0 Å². The number of carbonyl (C=O) groups is 4. The molecular formula is C25H27N3O5. The zero-order valence-corrected chi connectivity index (χ0v) is 18.7. The van der Waals surface area contributed by atoms with Crippen LogP contribution in [0.2, 0.25) is 0 Å². The van der Waals surface area contributed by atoms with Gasteiger partial charge in [0.2, 0.25) is 11.8 Å². The van der Waals surface area contributed by atoms with Gasteiger partial charge in [-0.1, -0.05) is 29.8 Å². The van der Waals surface area contributed by atoms with Crippen LogP contribution in [0.4, 0.5) is 0 Å².